The predicted molar refractivity (Wildman–Crippen MR) is 98.2 cm³/mol. The molecule has 4 heteroatoms. The maximum atomic E-state index is 13.0. The lowest BCUT2D eigenvalue weighted by molar-refractivity contribution is -0.121. The summed E-state index contributed by atoms with van der Waals surface area (Å²) < 4.78 is 1.98. The lowest BCUT2D eigenvalue weighted by Crippen LogP contribution is -2.27. The highest BCUT2D eigenvalue weighted by atomic mass is 16.2. The summed E-state index contributed by atoms with van der Waals surface area (Å²) in [6.45, 7) is 0. The maximum Gasteiger partial charge on any atom is 0.228 e. The van der Waals surface area contributed by atoms with Crippen molar-refractivity contribution in [2.75, 3.05) is 5.32 Å². The van der Waals surface area contributed by atoms with Crippen molar-refractivity contribution in [3.63, 3.8) is 0 Å². The molecule has 3 atom stereocenters. The van der Waals surface area contributed by atoms with Gasteiger partial charge in [0.1, 0.15) is 17.2 Å². The standard InChI is InChI=1S/C21H21N3O/c25-21(17-13-14-9-10-16(17)12-14)23-20-19(15-6-2-1-3-7-15)22-18-8-4-5-11-24(18)20/h1-8,11,14,16-17H,9-10,12-13H2,(H,23,25). The Morgan fingerprint density at radius 1 is 1.04 bits per heavy atom. The van der Waals surface area contributed by atoms with Crippen LogP contribution in [0.25, 0.3) is 16.9 Å². The predicted octanol–water partition coefficient (Wildman–Crippen LogP) is 4.38. The molecule has 0 spiro atoms. The molecule has 25 heavy (non-hydrogen) atoms. The number of nitrogens with one attached hydrogen (secondary N) is 1. The van der Waals surface area contributed by atoms with Crippen LogP contribution >= 0.6 is 0 Å². The number of imidazole rings is 1. The summed E-state index contributed by atoms with van der Waals surface area (Å²) in [6, 6.07) is 16.0. The van der Waals surface area contributed by atoms with Gasteiger partial charge in [-0.2, -0.15) is 0 Å². The van der Waals surface area contributed by atoms with Crippen LogP contribution in [0.15, 0.2) is 54.7 Å². The zero-order valence-corrected chi connectivity index (χ0v) is 14.1. The summed E-state index contributed by atoms with van der Waals surface area (Å²) in [4.78, 5) is 17.7. The number of fused-ring (bicyclic) bond motifs is 3. The summed E-state index contributed by atoms with van der Waals surface area (Å²) in [7, 11) is 0. The van der Waals surface area contributed by atoms with E-state index in [0.29, 0.717) is 5.92 Å². The number of carbonyl (C=O) groups is 1. The second kappa shape index (κ2) is 5.73. The average molecular weight is 331 g/mol. The Kier molecular flexibility index (Phi) is 3.37. The molecule has 5 rings (SSSR count). The molecule has 2 aliphatic rings. The Morgan fingerprint density at radius 2 is 1.88 bits per heavy atom. The number of carbonyl (C=O) groups excluding carboxylic acids is 1. The van der Waals surface area contributed by atoms with E-state index in [2.05, 4.69) is 5.32 Å². The molecule has 3 unspecified atom stereocenters. The fourth-order valence-electron chi connectivity index (χ4n) is 4.69. The van der Waals surface area contributed by atoms with Crippen LogP contribution in [0.3, 0.4) is 0 Å². The summed E-state index contributed by atoms with van der Waals surface area (Å²) in [5.74, 6) is 2.45. The Balaban J connectivity index is 1.54. The number of aromatic nitrogens is 2. The summed E-state index contributed by atoms with van der Waals surface area (Å²) in [6.07, 6.45) is 6.76. The Morgan fingerprint density at radius 3 is 2.64 bits per heavy atom. The number of hydrogen-bond donors (Lipinski definition) is 1. The largest absolute Gasteiger partial charge is 0.310 e. The fourth-order valence-corrected chi connectivity index (χ4v) is 4.69. The van der Waals surface area contributed by atoms with E-state index in [1.165, 1.54) is 19.3 Å². The van der Waals surface area contributed by atoms with E-state index in [9.17, 15) is 4.79 Å². The summed E-state index contributed by atoms with van der Waals surface area (Å²) in [5, 5.41) is 3.22. The highest BCUT2D eigenvalue weighted by molar-refractivity contribution is 5.96. The number of benzene rings is 1. The molecule has 2 heterocycles. The van der Waals surface area contributed by atoms with Gasteiger partial charge in [0.2, 0.25) is 5.91 Å². The van der Waals surface area contributed by atoms with Crippen molar-refractivity contribution in [2.45, 2.75) is 25.7 Å². The molecule has 2 saturated carbocycles. The van der Waals surface area contributed by atoms with E-state index in [1.807, 2.05) is 59.1 Å². The minimum atomic E-state index is 0.162. The monoisotopic (exact) mass is 331 g/mol. The van der Waals surface area contributed by atoms with Crippen LogP contribution < -0.4 is 5.32 Å². The lowest BCUT2D eigenvalue weighted by Gasteiger charge is -2.21. The van der Waals surface area contributed by atoms with Crippen molar-refractivity contribution >= 4 is 17.4 Å². The van der Waals surface area contributed by atoms with E-state index >= 15 is 0 Å². The van der Waals surface area contributed by atoms with Crippen LogP contribution in [0.5, 0.6) is 0 Å². The van der Waals surface area contributed by atoms with Crippen molar-refractivity contribution < 1.29 is 4.79 Å². The molecule has 0 aliphatic heterocycles. The first-order valence-corrected chi connectivity index (χ1v) is 9.13. The van der Waals surface area contributed by atoms with Gasteiger partial charge in [0.25, 0.3) is 0 Å². The molecule has 2 bridgehead atoms. The van der Waals surface area contributed by atoms with E-state index in [1.54, 1.807) is 0 Å². The molecule has 1 aromatic carbocycles. The van der Waals surface area contributed by atoms with Gasteiger partial charge in [-0.05, 0) is 43.2 Å². The first-order chi connectivity index (χ1) is 12.3. The van der Waals surface area contributed by atoms with Crippen LogP contribution in [-0.4, -0.2) is 15.3 Å². The molecular formula is C21H21N3O. The molecule has 1 amide bonds. The molecule has 2 fully saturated rings. The third kappa shape index (κ3) is 2.44. The zero-order chi connectivity index (χ0) is 16.8. The first-order valence-electron chi connectivity index (χ1n) is 9.13. The van der Waals surface area contributed by atoms with Gasteiger partial charge in [-0.1, -0.05) is 42.8 Å². The second-order valence-corrected chi connectivity index (χ2v) is 7.37. The number of pyridine rings is 1. The van der Waals surface area contributed by atoms with Crippen molar-refractivity contribution in [2.24, 2.45) is 17.8 Å². The van der Waals surface area contributed by atoms with Crippen molar-refractivity contribution in [1.29, 1.82) is 0 Å². The Bertz CT molecular complexity index is 931. The molecule has 2 aromatic heterocycles. The molecule has 126 valence electrons. The first kappa shape index (κ1) is 14.7. The van der Waals surface area contributed by atoms with Gasteiger partial charge in [-0.25, -0.2) is 4.98 Å². The fraction of sp³-hybridized carbons (Fsp3) is 0.333. The number of anilines is 1. The van der Waals surface area contributed by atoms with Gasteiger partial charge < -0.3 is 5.32 Å². The molecule has 0 saturated heterocycles. The van der Waals surface area contributed by atoms with Gasteiger partial charge in [0.15, 0.2) is 0 Å². The topological polar surface area (TPSA) is 46.4 Å². The second-order valence-electron chi connectivity index (χ2n) is 7.37. The third-order valence-corrected chi connectivity index (χ3v) is 5.89. The number of amides is 1. The number of rotatable bonds is 3. The minimum Gasteiger partial charge on any atom is -0.310 e. The highest BCUT2D eigenvalue weighted by Crippen LogP contribution is 2.48. The van der Waals surface area contributed by atoms with Crippen molar-refractivity contribution in [1.82, 2.24) is 9.38 Å². The van der Waals surface area contributed by atoms with E-state index < -0.39 is 0 Å². The Labute approximate surface area is 146 Å². The lowest BCUT2D eigenvalue weighted by atomic mass is 9.88. The normalized spacial score (nSPS) is 24.7. The molecule has 2 aliphatic carbocycles. The van der Waals surface area contributed by atoms with Gasteiger partial charge in [-0.15, -0.1) is 0 Å². The molecule has 0 radical (unpaired) electrons. The molecule has 1 N–H and O–H groups in total. The van der Waals surface area contributed by atoms with E-state index in [-0.39, 0.29) is 11.8 Å². The van der Waals surface area contributed by atoms with Crippen molar-refractivity contribution in [3.05, 3.63) is 54.7 Å². The SMILES string of the molecule is O=C(Nc1c(-c2ccccc2)nc2ccccn12)C1CC2CCC1C2. The van der Waals surface area contributed by atoms with Crippen molar-refractivity contribution in [3.8, 4) is 11.3 Å². The van der Waals surface area contributed by atoms with Gasteiger partial charge in [0, 0.05) is 17.7 Å². The third-order valence-electron chi connectivity index (χ3n) is 5.89. The maximum absolute atomic E-state index is 13.0. The molecule has 4 nitrogen and oxygen atoms in total. The van der Waals surface area contributed by atoms with Crippen LogP contribution in [0.2, 0.25) is 0 Å². The smallest absolute Gasteiger partial charge is 0.228 e. The van der Waals surface area contributed by atoms with Crippen LogP contribution in [0.1, 0.15) is 25.7 Å². The van der Waals surface area contributed by atoms with Crippen LogP contribution in [0, 0.1) is 17.8 Å². The average Bonchev–Trinajstić information content (AvgIpc) is 3.37. The van der Waals surface area contributed by atoms with Gasteiger partial charge >= 0.3 is 0 Å². The van der Waals surface area contributed by atoms with Crippen LogP contribution in [0.4, 0.5) is 5.82 Å². The van der Waals surface area contributed by atoms with Crippen LogP contribution in [-0.2, 0) is 4.79 Å². The number of nitrogens with zero attached hydrogens (tertiary/aromatic N) is 2. The Hall–Kier alpha value is -2.62. The minimum absolute atomic E-state index is 0.162. The van der Waals surface area contributed by atoms with Gasteiger partial charge in [-0.3, -0.25) is 9.20 Å². The number of hydrogen-bond acceptors (Lipinski definition) is 2. The summed E-state index contributed by atoms with van der Waals surface area (Å²) >= 11 is 0. The van der Waals surface area contributed by atoms with Gasteiger partial charge in [0.05, 0.1) is 0 Å². The van der Waals surface area contributed by atoms with E-state index in [4.69, 9.17) is 4.98 Å². The molecule has 3 aromatic rings. The van der Waals surface area contributed by atoms with E-state index in [0.717, 1.165) is 35.1 Å². The summed E-state index contributed by atoms with van der Waals surface area (Å²) in [5.41, 5.74) is 2.71. The quantitative estimate of drug-likeness (QED) is 0.774. The highest BCUT2D eigenvalue weighted by Gasteiger charge is 2.43. The molecular weight excluding hydrogens is 310 g/mol. The zero-order valence-electron chi connectivity index (χ0n) is 14.1.